The molecule has 0 bridgehead atoms. The molecule has 1 aliphatic heterocycles. The summed E-state index contributed by atoms with van der Waals surface area (Å²) in [6, 6.07) is 2.78. The Morgan fingerprint density at radius 2 is 1.82 bits per heavy atom. The highest BCUT2D eigenvalue weighted by Crippen LogP contribution is 2.31. The molecule has 1 heterocycles. The summed E-state index contributed by atoms with van der Waals surface area (Å²) in [5, 5.41) is 1.75. The van der Waals surface area contributed by atoms with Crippen molar-refractivity contribution in [1.29, 1.82) is 0 Å². The van der Waals surface area contributed by atoms with Gasteiger partial charge < -0.3 is 0 Å². The van der Waals surface area contributed by atoms with Crippen molar-refractivity contribution in [2.75, 3.05) is 0 Å². The standard InChI is InChI=1S/C10H18Si/c1-4-10-8-7-9-11(10,5-2)6-3/h7-9H,4-6H2,1-3H3. The van der Waals surface area contributed by atoms with E-state index < -0.39 is 8.07 Å². The Morgan fingerprint density at radius 1 is 1.18 bits per heavy atom. The minimum absolute atomic E-state index is 1.03. The number of hydrogen-bond donors (Lipinski definition) is 0. The Morgan fingerprint density at radius 3 is 2.18 bits per heavy atom. The lowest BCUT2D eigenvalue weighted by atomic mass is 10.4. The molecule has 0 atom stereocenters. The number of rotatable bonds is 3. The van der Waals surface area contributed by atoms with Gasteiger partial charge in [0, 0.05) is 0 Å². The highest BCUT2D eigenvalue weighted by molar-refractivity contribution is 6.91. The van der Waals surface area contributed by atoms with Crippen LogP contribution in [-0.2, 0) is 0 Å². The van der Waals surface area contributed by atoms with E-state index in [4.69, 9.17) is 0 Å². The smallest absolute Gasteiger partial charge is 0.0902 e. The average Bonchev–Trinajstić information content (AvgIpc) is 2.47. The van der Waals surface area contributed by atoms with Crippen LogP contribution >= 0.6 is 0 Å². The zero-order valence-corrected chi connectivity index (χ0v) is 8.85. The summed E-state index contributed by atoms with van der Waals surface area (Å²) in [4.78, 5) is 0. The minimum Gasteiger partial charge on any atom is -0.0902 e. The normalized spacial score (nSPS) is 20.5. The van der Waals surface area contributed by atoms with Crippen LogP contribution in [0.4, 0.5) is 0 Å². The lowest BCUT2D eigenvalue weighted by Crippen LogP contribution is -2.31. The van der Waals surface area contributed by atoms with Crippen LogP contribution in [-0.4, -0.2) is 8.07 Å². The van der Waals surface area contributed by atoms with Crippen LogP contribution in [0.2, 0.25) is 12.1 Å². The van der Waals surface area contributed by atoms with Gasteiger partial charge in [0.25, 0.3) is 0 Å². The summed E-state index contributed by atoms with van der Waals surface area (Å²) in [5.74, 6) is 0. The molecule has 1 aliphatic rings. The van der Waals surface area contributed by atoms with Crippen molar-refractivity contribution < 1.29 is 0 Å². The molecule has 0 N–H and O–H groups in total. The monoisotopic (exact) mass is 166 g/mol. The van der Waals surface area contributed by atoms with Crippen LogP contribution < -0.4 is 0 Å². The first-order valence-corrected chi connectivity index (χ1v) is 7.17. The van der Waals surface area contributed by atoms with Crippen LogP contribution in [0.25, 0.3) is 0 Å². The summed E-state index contributed by atoms with van der Waals surface area (Å²) in [7, 11) is -1.03. The van der Waals surface area contributed by atoms with Crippen molar-refractivity contribution in [2.24, 2.45) is 0 Å². The van der Waals surface area contributed by atoms with Gasteiger partial charge in [-0.2, -0.15) is 0 Å². The predicted molar refractivity (Wildman–Crippen MR) is 54.2 cm³/mol. The zero-order valence-electron chi connectivity index (χ0n) is 7.85. The Labute approximate surface area is 71.0 Å². The number of hydrogen-bond acceptors (Lipinski definition) is 0. The fourth-order valence-corrected chi connectivity index (χ4v) is 5.72. The Hall–Kier alpha value is -0.303. The predicted octanol–water partition coefficient (Wildman–Crippen LogP) is 3.46. The van der Waals surface area contributed by atoms with Gasteiger partial charge in [0.1, 0.15) is 8.07 Å². The highest BCUT2D eigenvalue weighted by atomic mass is 28.3. The van der Waals surface area contributed by atoms with E-state index in [1.807, 2.05) is 0 Å². The van der Waals surface area contributed by atoms with Crippen LogP contribution in [0.5, 0.6) is 0 Å². The van der Waals surface area contributed by atoms with E-state index in [0.717, 1.165) is 0 Å². The van der Waals surface area contributed by atoms with Gasteiger partial charge in [-0.25, -0.2) is 0 Å². The third-order valence-corrected chi connectivity index (χ3v) is 8.15. The van der Waals surface area contributed by atoms with Crippen molar-refractivity contribution in [3.63, 3.8) is 0 Å². The van der Waals surface area contributed by atoms with E-state index in [2.05, 4.69) is 38.6 Å². The summed E-state index contributed by atoms with van der Waals surface area (Å²) in [6.07, 6.45) is 5.89. The first-order chi connectivity index (χ1) is 5.29. The maximum atomic E-state index is 2.51. The quantitative estimate of drug-likeness (QED) is 0.563. The molecule has 62 valence electrons. The second kappa shape index (κ2) is 3.40. The molecule has 0 spiro atoms. The van der Waals surface area contributed by atoms with Gasteiger partial charge >= 0.3 is 0 Å². The fourth-order valence-electron chi connectivity index (χ4n) is 2.03. The largest absolute Gasteiger partial charge is 0.104 e. The molecule has 11 heavy (non-hydrogen) atoms. The van der Waals surface area contributed by atoms with Crippen LogP contribution in [0.1, 0.15) is 27.2 Å². The third kappa shape index (κ3) is 1.34. The first kappa shape index (κ1) is 8.79. The second-order valence-corrected chi connectivity index (χ2v) is 7.97. The molecule has 1 rings (SSSR count). The molecule has 0 fully saturated rings. The molecular formula is C10H18Si. The van der Waals surface area contributed by atoms with Crippen LogP contribution in [0, 0.1) is 0 Å². The van der Waals surface area contributed by atoms with E-state index >= 15 is 0 Å². The topological polar surface area (TPSA) is 0 Å². The molecule has 0 aromatic rings. The minimum atomic E-state index is -1.03. The molecule has 0 amide bonds. The van der Waals surface area contributed by atoms with Crippen molar-refractivity contribution in [2.45, 2.75) is 39.3 Å². The van der Waals surface area contributed by atoms with Gasteiger partial charge in [-0.3, -0.25) is 0 Å². The molecule has 0 aliphatic carbocycles. The van der Waals surface area contributed by atoms with E-state index in [9.17, 15) is 0 Å². The molecule has 0 nitrogen and oxygen atoms in total. The van der Waals surface area contributed by atoms with Gasteiger partial charge in [0.05, 0.1) is 0 Å². The SMILES string of the molecule is CCC1=CC=C[Si]1(CC)CC. The van der Waals surface area contributed by atoms with Crippen molar-refractivity contribution in [3.05, 3.63) is 23.0 Å². The first-order valence-electron chi connectivity index (χ1n) is 4.68. The van der Waals surface area contributed by atoms with E-state index in [1.54, 1.807) is 5.20 Å². The Balaban J connectivity index is 2.83. The molecule has 1 heteroatoms. The molecule has 0 radical (unpaired) electrons. The van der Waals surface area contributed by atoms with Gasteiger partial charge in [-0.1, -0.05) is 55.9 Å². The lowest BCUT2D eigenvalue weighted by Gasteiger charge is -2.25. The fraction of sp³-hybridized carbons (Fsp3) is 0.600. The maximum absolute atomic E-state index is 2.51. The molecular weight excluding hydrogens is 148 g/mol. The Kier molecular flexibility index (Phi) is 2.71. The van der Waals surface area contributed by atoms with Crippen LogP contribution in [0.15, 0.2) is 23.0 Å². The summed E-state index contributed by atoms with van der Waals surface area (Å²) in [5.41, 5.74) is 2.51. The molecule has 0 saturated heterocycles. The van der Waals surface area contributed by atoms with Crippen LogP contribution in [0.3, 0.4) is 0 Å². The van der Waals surface area contributed by atoms with E-state index in [-0.39, 0.29) is 0 Å². The van der Waals surface area contributed by atoms with E-state index in [1.165, 1.54) is 18.5 Å². The molecule has 0 saturated carbocycles. The van der Waals surface area contributed by atoms with Gasteiger partial charge in [0.15, 0.2) is 0 Å². The molecule has 0 unspecified atom stereocenters. The summed E-state index contributed by atoms with van der Waals surface area (Å²) < 4.78 is 0. The zero-order chi connectivity index (χ0) is 8.32. The second-order valence-electron chi connectivity index (χ2n) is 3.27. The van der Waals surface area contributed by atoms with Crippen molar-refractivity contribution in [1.82, 2.24) is 0 Å². The maximum Gasteiger partial charge on any atom is 0.104 e. The van der Waals surface area contributed by atoms with Crippen molar-refractivity contribution >= 4 is 8.07 Å². The summed E-state index contributed by atoms with van der Waals surface area (Å²) in [6.45, 7) is 6.97. The lowest BCUT2D eigenvalue weighted by molar-refractivity contribution is 1.14. The highest BCUT2D eigenvalue weighted by Gasteiger charge is 2.31. The Bertz CT molecular complexity index is 185. The van der Waals surface area contributed by atoms with Gasteiger partial charge in [-0.05, 0) is 6.42 Å². The number of allylic oxidation sites excluding steroid dienone is 3. The van der Waals surface area contributed by atoms with Crippen molar-refractivity contribution in [3.8, 4) is 0 Å². The average molecular weight is 166 g/mol. The van der Waals surface area contributed by atoms with Gasteiger partial charge in [-0.15, -0.1) is 0 Å². The summed E-state index contributed by atoms with van der Waals surface area (Å²) >= 11 is 0. The van der Waals surface area contributed by atoms with E-state index in [0.29, 0.717) is 0 Å². The molecule has 0 aromatic heterocycles. The molecule has 0 aromatic carbocycles. The van der Waals surface area contributed by atoms with Gasteiger partial charge in [0.2, 0.25) is 0 Å². The third-order valence-electron chi connectivity index (χ3n) is 2.99.